The van der Waals surface area contributed by atoms with Crippen LogP contribution in [-0.2, 0) is 4.74 Å². The monoisotopic (exact) mass is 226 g/mol. The van der Waals surface area contributed by atoms with E-state index >= 15 is 0 Å². The minimum atomic E-state index is 0.475. The maximum absolute atomic E-state index is 5.90. The van der Waals surface area contributed by atoms with Gasteiger partial charge < -0.3 is 15.8 Å². The first-order valence-electron chi connectivity index (χ1n) is 6.94. The molecule has 0 amide bonds. The molecule has 0 aromatic heterocycles. The Morgan fingerprint density at radius 2 is 1.94 bits per heavy atom. The normalized spacial score (nSPS) is 30.2. The maximum atomic E-state index is 5.90. The van der Waals surface area contributed by atoms with Crippen molar-refractivity contribution in [1.82, 2.24) is 5.32 Å². The van der Waals surface area contributed by atoms with Crippen LogP contribution in [0.2, 0.25) is 0 Å². The Balaban J connectivity index is 1.78. The van der Waals surface area contributed by atoms with Crippen LogP contribution in [0.25, 0.3) is 0 Å². The zero-order valence-corrected chi connectivity index (χ0v) is 10.3. The van der Waals surface area contributed by atoms with Crippen LogP contribution in [0.15, 0.2) is 0 Å². The molecule has 0 bridgehead atoms. The van der Waals surface area contributed by atoms with Crippen molar-refractivity contribution >= 4 is 0 Å². The van der Waals surface area contributed by atoms with Crippen LogP contribution < -0.4 is 11.1 Å². The fourth-order valence-corrected chi connectivity index (χ4v) is 3.05. The molecule has 0 aromatic rings. The lowest BCUT2D eigenvalue weighted by molar-refractivity contribution is 0.0377. The van der Waals surface area contributed by atoms with Crippen LogP contribution in [0, 0.1) is 5.92 Å². The summed E-state index contributed by atoms with van der Waals surface area (Å²) in [5.41, 5.74) is 5.90. The number of hydrogen-bond donors (Lipinski definition) is 2. The third-order valence-electron chi connectivity index (χ3n) is 4.07. The smallest absolute Gasteiger partial charge is 0.0509 e. The Bertz CT molecular complexity index is 186. The topological polar surface area (TPSA) is 47.3 Å². The van der Waals surface area contributed by atoms with Crippen LogP contribution in [-0.4, -0.2) is 31.8 Å². The van der Waals surface area contributed by atoms with Gasteiger partial charge in [0.15, 0.2) is 0 Å². The van der Waals surface area contributed by atoms with Crippen LogP contribution in [0.5, 0.6) is 0 Å². The molecule has 1 heterocycles. The van der Waals surface area contributed by atoms with Gasteiger partial charge in [-0.25, -0.2) is 0 Å². The average Bonchev–Trinajstić information content (AvgIpc) is 2.38. The van der Waals surface area contributed by atoms with Crippen molar-refractivity contribution in [1.29, 1.82) is 0 Å². The zero-order valence-electron chi connectivity index (χ0n) is 10.3. The molecule has 16 heavy (non-hydrogen) atoms. The molecule has 1 aliphatic heterocycles. The van der Waals surface area contributed by atoms with Gasteiger partial charge in [0.05, 0.1) is 6.61 Å². The fraction of sp³-hybridized carbons (Fsp3) is 1.00. The lowest BCUT2D eigenvalue weighted by Gasteiger charge is -2.34. The zero-order chi connectivity index (χ0) is 11.2. The predicted octanol–water partition coefficient (Wildman–Crippen LogP) is 1.66. The fourth-order valence-electron chi connectivity index (χ4n) is 3.05. The van der Waals surface area contributed by atoms with Gasteiger partial charge in [-0.2, -0.15) is 0 Å². The highest BCUT2D eigenvalue weighted by Crippen LogP contribution is 2.21. The molecule has 3 N–H and O–H groups in total. The molecule has 1 saturated heterocycles. The molecule has 2 unspecified atom stereocenters. The molecule has 0 spiro atoms. The highest BCUT2D eigenvalue weighted by Gasteiger charge is 2.25. The molecule has 2 atom stereocenters. The van der Waals surface area contributed by atoms with Crippen molar-refractivity contribution < 1.29 is 4.74 Å². The Kier molecular flexibility index (Phi) is 5.07. The molecule has 2 rings (SSSR count). The van der Waals surface area contributed by atoms with Crippen molar-refractivity contribution in [3.05, 3.63) is 0 Å². The number of rotatable bonds is 4. The summed E-state index contributed by atoms with van der Waals surface area (Å²) in [7, 11) is 0. The van der Waals surface area contributed by atoms with E-state index in [1.54, 1.807) is 0 Å². The molecule has 3 nitrogen and oxygen atoms in total. The summed E-state index contributed by atoms with van der Waals surface area (Å²) < 4.78 is 5.56. The van der Waals surface area contributed by atoms with Gasteiger partial charge in [-0.05, 0) is 31.6 Å². The summed E-state index contributed by atoms with van der Waals surface area (Å²) in [6.07, 6.45) is 9.34. The van der Waals surface area contributed by atoms with Gasteiger partial charge in [-0.1, -0.05) is 19.3 Å². The van der Waals surface area contributed by atoms with Crippen molar-refractivity contribution in [2.45, 2.75) is 57.0 Å². The second-order valence-electron chi connectivity index (χ2n) is 5.32. The standard InChI is InChI=1S/C13H26N2O/c14-9-13(11-5-4-8-16-10-11)15-12-6-2-1-3-7-12/h11-13,15H,1-10,14H2. The van der Waals surface area contributed by atoms with E-state index in [4.69, 9.17) is 10.5 Å². The highest BCUT2D eigenvalue weighted by atomic mass is 16.5. The number of hydrogen-bond acceptors (Lipinski definition) is 3. The van der Waals surface area contributed by atoms with Gasteiger partial charge in [0, 0.05) is 25.2 Å². The van der Waals surface area contributed by atoms with Crippen LogP contribution in [0.4, 0.5) is 0 Å². The van der Waals surface area contributed by atoms with Gasteiger partial charge in [-0.3, -0.25) is 0 Å². The number of ether oxygens (including phenoxy) is 1. The second-order valence-corrected chi connectivity index (χ2v) is 5.32. The lowest BCUT2D eigenvalue weighted by atomic mass is 9.90. The first kappa shape index (κ1) is 12.3. The number of nitrogens with one attached hydrogen (secondary N) is 1. The highest BCUT2D eigenvalue weighted by molar-refractivity contribution is 4.84. The summed E-state index contributed by atoms with van der Waals surface area (Å²) in [5, 5.41) is 3.77. The molecule has 0 aromatic carbocycles. The van der Waals surface area contributed by atoms with Gasteiger partial charge in [0.25, 0.3) is 0 Å². The first-order chi connectivity index (χ1) is 7.90. The molecular formula is C13H26N2O. The van der Waals surface area contributed by atoms with Crippen LogP contribution >= 0.6 is 0 Å². The largest absolute Gasteiger partial charge is 0.381 e. The Morgan fingerprint density at radius 1 is 1.12 bits per heavy atom. The molecule has 3 heteroatoms. The molecule has 94 valence electrons. The molecule has 1 saturated carbocycles. The SMILES string of the molecule is NCC(NC1CCCCC1)C1CCCOC1. The quantitative estimate of drug-likeness (QED) is 0.766. The van der Waals surface area contributed by atoms with E-state index in [9.17, 15) is 0 Å². The molecule has 1 aliphatic carbocycles. The van der Waals surface area contributed by atoms with Crippen molar-refractivity contribution in [3.63, 3.8) is 0 Å². The van der Waals surface area contributed by atoms with Crippen molar-refractivity contribution in [2.75, 3.05) is 19.8 Å². The maximum Gasteiger partial charge on any atom is 0.0509 e. The minimum absolute atomic E-state index is 0.475. The van der Waals surface area contributed by atoms with Gasteiger partial charge in [0.1, 0.15) is 0 Å². The molecule has 2 fully saturated rings. The molecular weight excluding hydrogens is 200 g/mol. The van der Waals surface area contributed by atoms with E-state index in [0.29, 0.717) is 18.0 Å². The second kappa shape index (κ2) is 6.58. The lowest BCUT2D eigenvalue weighted by Crippen LogP contribution is -2.49. The Labute approximate surface area is 99.1 Å². The van der Waals surface area contributed by atoms with Gasteiger partial charge >= 0.3 is 0 Å². The average molecular weight is 226 g/mol. The summed E-state index contributed by atoms with van der Waals surface area (Å²) in [5.74, 6) is 0.640. The van der Waals surface area contributed by atoms with E-state index in [0.717, 1.165) is 19.8 Å². The van der Waals surface area contributed by atoms with Crippen LogP contribution in [0.1, 0.15) is 44.9 Å². The third-order valence-corrected chi connectivity index (χ3v) is 4.07. The minimum Gasteiger partial charge on any atom is -0.381 e. The van der Waals surface area contributed by atoms with E-state index in [2.05, 4.69) is 5.32 Å². The molecule has 0 radical (unpaired) electrons. The van der Waals surface area contributed by atoms with Crippen molar-refractivity contribution in [3.8, 4) is 0 Å². The molecule has 2 aliphatic rings. The van der Waals surface area contributed by atoms with Crippen molar-refractivity contribution in [2.24, 2.45) is 11.7 Å². The summed E-state index contributed by atoms with van der Waals surface area (Å²) in [6.45, 7) is 2.60. The Morgan fingerprint density at radius 3 is 2.56 bits per heavy atom. The van der Waals surface area contributed by atoms with Gasteiger partial charge in [0.2, 0.25) is 0 Å². The first-order valence-corrected chi connectivity index (χ1v) is 6.94. The van der Waals surface area contributed by atoms with Gasteiger partial charge in [-0.15, -0.1) is 0 Å². The Hall–Kier alpha value is -0.120. The van der Waals surface area contributed by atoms with E-state index in [-0.39, 0.29) is 0 Å². The summed E-state index contributed by atoms with van der Waals surface area (Å²) in [4.78, 5) is 0. The van der Waals surface area contributed by atoms with E-state index < -0.39 is 0 Å². The third kappa shape index (κ3) is 3.44. The summed E-state index contributed by atoms with van der Waals surface area (Å²) in [6, 6.07) is 1.19. The van der Waals surface area contributed by atoms with E-state index in [1.807, 2.05) is 0 Å². The van der Waals surface area contributed by atoms with Crippen LogP contribution in [0.3, 0.4) is 0 Å². The van der Waals surface area contributed by atoms with E-state index in [1.165, 1.54) is 44.9 Å². The summed E-state index contributed by atoms with van der Waals surface area (Å²) >= 11 is 0. The predicted molar refractivity (Wildman–Crippen MR) is 66.4 cm³/mol. The number of nitrogens with two attached hydrogens (primary N) is 1.